The van der Waals surface area contributed by atoms with Crippen LogP contribution in [0.2, 0.25) is 0 Å². The highest BCUT2D eigenvalue weighted by molar-refractivity contribution is 9.11. The summed E-state index contributed by atoms with van der Waals surface area (Å²) in [5.74, 6) is 6.56. The molecule has 0 saturated carbocycles. The fraction of sp³-hybridized carbons (Fsp3) is 0.267. The predicted octanol–water partition coefficient (Wildman–Crippen LogP) is 3.95. The normalized spacial score (nSPS) is 12.5. The molecule has 1 unspecified atom stereocenters. The summed E-state index contributed by atoms with van der Waals surface area (Å²) >= 11 is 6.93. The molecule has 1 aromatic heterocycles. The second kappa shape index (κ2) is 7.35. The van der Waals surface area contributed by atoms with Crippen molar-refractivity contribution in [1.29, 1.82) is 0 Å². The van der Waals surface area contributed by atoms with Gasteiger partial charge in [-0.1, -0.05) is 18.2 Å². The first-order valence-corrected chi connectivity index (χ1v) is 8.14. The smallest absolute Gasteiger partial charge is 0.124 e. The Morgan fingerprint density at radius 2 is 1.95 bits per heavy atom. The number of pyridine rings is 1. The topological polar surface area (TPSA) is 60.2 Å². The monoisotopic (exact) mass is 413 g/mol. The molecule has 4 nitrogen and oxygen atoms in total. The van der Waals surface area contributed by atoms with Gasteiger partial charge in [0.05, 0.1) is 17.8 Å². The number of hydrogen-bond donors (Lipinski definition) is 2. The molecule has 2 aromatic rings. The van der Waals surface area contributed by atoms with Crippen LogP contribution in [0.4, 0.5) is 0 Å². The predicted molar refractivity (Wildman–Crippen MR) is 91.0 cm³/mol. The first kappa shape index (κ1) is 16.4. The lowest BCUT2D eigenvalue weighted by Crippen LogP contribution is -2.30. The summed E-state index contributed by atoms with van der Waals surface area (Å²) in [5.41, 5.74) is 4.58. The van der Waals surface area contributed by atoms with E-state index in [2.05, 4.69) is 42.3 Å². The third-order valence-electron chi connectivity index (χ3n) is 2.87. The first-order valence-electron chi connectivity index (χ1n) is 6.55. The molecule has 0 amide bonds. The number of para-hydroxylation sites is 1. The molecule has 0 bridgehead atoms. The fourth-order valence-electron chi connectivity index (χ4n) is 2.03. The molecule has 0 aliphatic heterocycles. The van der Waals surface area contributed by atoms with Crippen LogP contribution < -0.4 is 16.0 Å². The summed E-state index contributed by atoms with van der Waals surface area (Å²) in [4.78, 5) is 4.45. The second-order valence-corrected chi connectivity index (χ2v) is 6.59. The van der Waals surface area contributed by atoms with Crippen LogP contribution in [0.1, 0.15) is 31.1 Å². The summed E-state index contributed by atoms with van der Waals surface area (Å²) < 4.78 is 7.64. The third kappa shape index (κ3) is 4.03. The number of nitrogens with zero attached hydrogens (tertiary/aromatic N) is 1. The van der Waals surface area contributed by atoms with Gasteiger partial charge in [0, 0.05) is 20.7 Å². The van der Waals surface area contributed by atoms with Crippen LogP contribution in [0, 0.1) is 0 Å². The molecular formula is C15H17Br2N3O. The van der Waals surface area contributed by atoms with E-state index in [0.717, 1.165) is 26.0 Å². The fourth-order valence-corrected chi connectivity index (χ4v) is 3.25. The average molecular weight is 415 g/mol. The number of aromatic nitrogens is 1. The number of halogens is 2. The third-order valence-corrected chi connectivity index (χ3v) is 3.94. The number of hydrazine groups is 1. The Kier molecular flexibility index (Phi) is 5.75. The Morgan fingerprint density at radius 1 is 1.24 bits per heavy atom. The van der Waals surface area contributed by atoms with Crippen LogP contribution in [0.25, 0.3) is 0 Å². The van der Waals surface area contributed by atoms with Gasteiger partial charge in [-0.3, -0.25) is 10.8 Å². The molecule has 0 spiro atoms. The minimum Gasteiger partial charge on any atom is -0.491 e. The van der Waals surface area contributed by atoms with Gasteiger partial charge in [0.1, 0.15) is 5.75 Å². The summed E-state index contributed by atoms with van der Waals surface area (Å²) in [7, 11) is 0. The average Bonchev–Trinajstić information content (AvgIpc) is 2.43. The highest BCUT2D eigenvalue weighted by Crippen LogP contribution is 2.33. The van der Waals surface area contributed by atoms with Crippen molar-refractivity contribution in [2.45, 2.75) is 26.0 Å². The number of benzene rings is 1. The summed E-state index contributed by atoms with van der Waals surface area (Å²) in [6.07, 6.45) is 1.84. The molecular weight excluding hydrogens is 398 g/mol. The SMILES string of the molecule is CC(C)Oc1ccccc1C(NN)c1ncc(Br)cc1Br. The lowest BCUT2D eigenvalue weighted by Gasteiger charge is -2.21. The molecule has 1 atom stereocenters. The number of nitrogens with two attached hydrogens (primary N) is 1. The molecule has 0 fully saturated rings. The van der Waals surface area contributed by atoms with Crippen molar-refractivity contribution in [1.82, 2.24) is 10.4 Å². The molecule has 2 rings (SSSR count). The maximum Gasteiger partial charge on any atom is 0.124 e. The summed E-state index contributed by atoms with van der Waals surface area (Å²) in [6.45, 7) is 3.99. The maximum absolute atomic E-state index is 5.87. The zero-order chi connectivity index (χ0) is 15.4. The van der Waals surface area contributed by atoms with Gasteiger partial charge in [0.15, 0.2) is 0 Å². The Bertz CT molecular complexity index is 620. The van der Waals surface area contributed by atoms with E-state index in [0.29, 0.717) is 0 Å². The zero-order valence-electron chi connectivity index (χ0n) is 11.8. The van der Waals surface area contributed by atoms with Gasteiger partial charge in [0.25, 0.3) is 0 Å². The van der Waals surface area contributed by atoms with E-state index in [-0.39, 0.29) is 12.1 Å². The number of rotatable bonds is 5. The van der Waals surface area contributed by atoms with Gasteiger partial charge < -0.3 is 4.74 Å². The number of ether oxygens (including phenoxy) is 1. The molecule has 0 radical (unpaired) electrons. The lowest BCUT2D eigenvalue weighted by molar-refractivity contribution is 0.238. The van der Waals surface area contributed by atoms with Crippen molar-refractivity contribution in [2.75, 3.05) is 0 Å². The molecule has 1 heterocycles. The van der Waals surface area contributed by atoms with Crippen LogP contribution >= 0.6 is 31.9 Å². The molecule has 1 aromatic carbocycles. The first-order chi connectivity index (χ1) is 10.0. The van der Waals surface area contributed by atoms with E-state index < -0.39 is 0 Å². The van der Waals surface area contributed by atoms with E-state index in [1.165, 1.54) is 0 Å². The van der Waals surface area contributed by atoms with E-state index in [4.69, 9.17) is 10.6 Å². The van der Waals surface area contributed by atoms with Crippen molar-refractivity contribution in [3.63, 3.8) is 0 Å². The Morgan fingerprint density at radius 3 is 2.57 bits per heavy atom. The van der Waals surface area contributed by atoms with Crippen molar-refractivity contribution < 1.29 is 4.74 Å². The van der Waals surface area contributed by atoms with Gasteiger partial charge >= 0.3 is 0 Å². The molecule has 21 heavy (non-hydrogen) atoms. The highest BCUT2D eigenvalue weighted by atomic mass is 79.9. The Hall–Kier alpha value is -0.950. The van der Waals surface area contributed by atoms with Gasteiger partial charge in [-0.2, -0.15) is 0 Å². The standard InChI is InChI=1S/C15H17Br2N3O/c1-9(2)21-13-6-4-3-5-11(13)14(20-18)15-12(17)7-10(16)8-19-15/h3-9,14,20H,18H2,1-2H3. The maximum atomic E-state index is 5.87. The van der Waals surface area contributed by atoms with Gasteiger partial charge in [-0.25, -0.2) is 5.43 Å². The van der Waals surface area contributed by atoms with E-state index in [9.17, 15) is 0 Å². The van der Waals surface area contributed by atoms with E-state index >= 15 is 0 Å². The van der Waals surface area contributed by atoms with Crippen molar-refractivity contribution >= 4 is 31.9 Å². The van der Waals surface area contributed by atoms with Crippen molar-refractivity contribution in [3.05, 3.63) is 56.7 Å². The van der Waals surface area contributed by atoms with Crippen molar-refractivity contribution in [3.8, 4) is 5.75 Å². The molecule has 0 aliphatic carbocycles. The number of nitrogens with one attached hydrogen (secondary N) is 1. The van der Waals surface area contributed by atoms with E-state index in [1.807, 2.05) is 44.2 Å². The van der Waals surface area contributed by atoms with Crippen LogP contribution in [0.5, 0.6) is 5.75 Å². The van der Waals surface area contributed by atoms with E-state index in [1.54, 1.807) is 6.20 Å². The molecule has 112 valence electrons. The van der Waals surface area contributed by atoms with Gasteiger partial charge in [-0.05, 0) is 57.8 Å². The van der Waals surface area contributed by atoms with Crippen LogP contribution in [-0.2, 0) is 0 Å². The molecule has 3 N–H and O–H groups in total. The summed E-state index contributed by atoms with van der Waals surface area (Å²) in [6, 6.07) is 9.50. The van der Waals surface area contributed by atoms with Crippen LogP contribution in [0.15, 0.2) is 45.5 Å². The van der Waals surface area contributed by atoms with Gasteiger partial charge in [0.2, 0.25) is 0 Å². The zero-order valence-corrected chi connectivity index (χ0v) is 15.0. The molecule has 6 heteroatoms. The Labute approximate surface area is 141 Å². The minimum atomic E-state index is -0.262. The largest absolute Gasteiger partial charge is 0.491 e. The van der Waals surface area contributed by atoms with Crippen molar-refractivity contribution in [2.24, 2.45) is 5.84 Å². The lowest BCUT2D eigenvalue weighted by atomic mass is 10.0. The van der Waals surface area contributed by atoms with Gasteiger partial charge in [-0.15, -0.1) is 0 Å². The second-order valence-electron chi connectivity index (χ2n) is 4.82. The van der Waals surface area contributed by atoms with Crippen LogP contribution in [-0.4, -0.2) is 11.1 Å². The molecule has 0 aliphatic rings. The highest BCUT2D eigenvalue weighted by Gasteiger charge is 2.21. The Balaban J connectivity index is 2.46. The number of hydrogen-bond acceptors (Lipinski definition) is 4. The molecule has 0 saturated heterocycles. The summed E-state index contributed by atoms with van der Waals surface area (Å²) in [5, 5.41) is 0. The minimum absolute atomic E-state index is 0.0888. The van der Waals surface area contributed by atoms with Crippen LogP contribution in [0.3, 0.4) is 0 Å². The quantitative estimate of drug-likeness (QED) is 0.574.